The molecular weight excluding hydrogens is 280 g/mol. The molecule has 0 fully saturated rings. The third-order valence-corrected chi connectivity index (χ3v) is 4.36. The first-order chi connectivity index (χ1) is 10.2. The Kier molecular flexibility index (Phi) is 5.56. The average Bonchev–Trinajstić information content (AvgIpc) is 2.97. The van der Waals surface area contributed by atoms with Crippen molar-refractivity contribution in [1.82, 2.24) is 9.97 Å². The van der Waals surface area contributed by atoms with Gasteiger partial charge in [0, 0.05) is 17.0 Å². The van der Waals surface area contributed by atoms with Gasteiger partial charge in [0.2, 0.25) is 0 Å². The maximum Gasteiger partial charge on any atom is 0.135 e. The molecule has 0 radical (unpaired) electrons. The summed E-state index contributed by atoms with van der Waals surface area (Å²) in [5.74, 6) is 2.65. The van der Waals surface area contributed by atoms with Crippen LogP contribution in [0.5, 0.6) is 0 Å². The molecule has 4 nitrogen and oxygen atoms in total. The molecule has 0 saturated carbocycles. The normalized spacial score (nSPS) is 12.2. The second kappa shape index (κ2) is 7.41. The smallest absolute Gasteiger partial charge is 0.135 e. The third-order valence-electron chi connectivity index (χ3n) is 3.38. The maximum absolute atomic E-state index is 4.59. The molecule has 0 aromatic carbocycles. The van der Waals surface area contributed by atoms with Gasteiger partial charge >= 0.3 is 0 Å². The van der Waals surface area contributed by atoms with Crippen LogP contribution in [0.2, 0.25) is 0 Å². The van der Waals surface area contributed by atoms with Crippen molar-refractivity contribution in [3.63, 3.8) is 0 Å². The SMILES string of the molecule is CCCC(Nc1nc(C)nc(NCC)c1C)c1cccs1. The molecule has 0 aliphatic carbocycles. The number of nitrogens with zero attached hydrogens (tertiary/aromatic N) is 2. The van der Waals surface area contributed by atoms with Crippen LogP contribution in [0.25, 0.3) is 0 Å². The minimum atomic E-state index is 0.317. The first kappa shape index (κ1) is 15.8. The molecule has 114 valence electrons. The maximum atomic E-state index is 4.59. The van der Waals surface area contributed by atoms with Crippen LogP contribution >= 0.6 is 11.3 Å². The number of rotatable bonds is 7. The first-order valence-corrected chi connectivity index (χ1v) is 8.42. The van der Waals surface area contributed by atoms with Crippen LogP contribution in [0, 0.1) is 13.8 Å². The second-order valence-electron chi connectivity index (χ2n) is 5.12. The second-order valence-corrected chi connectivity index (χ2v) is 6.10. The predicted molar refractivity (Wildman–Crippen MR) is 91.3 cm³/mol. The molecule has 0 bridgehead atoms. The molecule has 1 atom stereocenters. The molecule has 0 spiro atoms. The molecule has 2 heterocycles. The van der Waals surface area contributed by atoms with Gasteiger partial charge in [0.05, 0.1) is 6.04 Å². The predicted octanol–water partition coefficient (Wildman–Crippen LogP) is 4.54. The highest BCUT2D eigenvalue weighted by molar-refractivity contribution is 7.10. The van der Waals surface area contributed by atoms with Gasteiger partial charge < -0.3 is 10.6 Å². The molecule has 0 aliphatic rings. The lowest BCUT2D eigenvalue weighted by atomic mass is 10.1. The third kappa shape index (κ3) is 3.94. The van der Waals surface area contributed by atoms with Crippen LogP contribution in [0.3, 0.4) is 0 Å². The zero-order valence-electron chi connectivity index (χ0n) is 13.2. The van der Waals surface area contributed by atoms with E-state index in [1.54, 1.807) is 11.3 Å². The molecule has 2 aromatic heterocycles. The van der Waals surface area contributed by atoms with Gasteiger partial charge in [-0.15, -0.1) is 11.3 Å². The van der Waals surface area contributed by atoms with Crippen LogP contribution in [0.15, 0.2) is 17.5 Å². The van der Waals surface area contributed by atoms with Crippen molar-refractivity contribution in [3.05, 3.63) is 33.8 Å². The van der Waals surface area contributed by atoms with Crippen LogP contribution in [0.1, 0.15) is 49.0 Å². The standard InChI is InChI=1S/C16H24N4S/c1-5-8-13(14-9-7-10-21-14)20-16-11(3)15(17-6-2)18-12(4)19-16/h7,9-10,13H,5-6,8H2,1-4H3,(H2,17,18,19,20). The van der Waals surface area contributed by atoms with E-state index in [9.17, 15) is 0 Å². The number of aromatic nitrogens is 2. The van der Waals surface area contributed by atoms with E-state index in [2.05, 4.69) is 58.9 Å². The van der Waals surface area contributed by atoms with Crippen molar-refractivity contribution in [3.8, 4) is 0 Å². The highest BCUT2D eigenvalue weighted by Crippen LogP contribution is 2.29. The molecule has 0 aliphatic heterocycles. The van der Waals surface area contributed by atoms with Crippen molar-refractivity contribution in [2.75, 3.05) is 17.2 Å². The molecule has 5 heteroatoms. The van der Waals surface area contributed by atoms with E-state index in [1.165, 1.54) is 4.88 Å². The van der Waals surface area contributed by atoms with E-state index >= 15 is 0 Å². The minimum Gasteiger partial charge on any atom is -0.370 e. The number of anilines is 2. The van der Waals surface area contributed by atoms with Crippen molar-refractivity contribution >= 4 is 23.0 Å². The minimum absolute atomic E-state index is 0.317. The van der Waals surface area contributed by atoms with E-state index in [4.69, 9.17) is 0 Å². The zero-order chi connectivity index (χ0) is 15.2. The Morgan fingerprint density at radius 1 is 1.19 bits per heavy atom. The number of nitrogens with one attached hydrogen (secondary N) is 2. The van der Waals surface area contributed by atoms with E-state index in [1.807, 2.05) is 6.92 Å². The largest absolute Gasteiger partial charge is 0.370 e. The summed E-state index contributed by atoms with van der Waals surface area (Å²) in [4.78, 5) is 10.4. The fraction of sp³-hybridized carbons (Fsp3) is 0.500. The number of thiophene rings is 1. The first-order valence-electron chi connectivity index (χ1n) is 7.54. The van der Waals surface area contributed by atoms with Gasteiger partial charge in [-0.25, -0.2) is 9.97 Å². The van der Waals surface area contributed by atoms with Gasteiger partial charge in [-0.1, -0.05) is 19.4 Å². The van der Waals surface area contributed by atoms with Gasteiger partial charge in [-0.2, -0.15) is 0 Å². The van der Waals surface area contributed by atoms with Gasteiger partial charge in [-0.3, -0.25) is 0 Å². The topological polar surface area (TPSA) is 49.8 Å². The monoisotopic (exact) mass is 304 g/mol. The summed E-state index contributed by atoms with van der Waals surface area (Å²) in [6.45, 7) is 9.16. The Bertz CT molecular complexity index is 566. The fourth-order valence-corrected chi connectivity index (χ4v) is 3.15. The average molecular weight is 304 g/mol. The number of aryl methyl sites for hydroxylation is 1. The van der Waals surface area contributed by atoms with E-state index in [0.29, 0.717) is 6.04 Å². The lowest BCUT2D eigenvalue weighted by Crippen LogP contribution is -2.14. The van der Waals surface area contributed by atoms with Gasteiger partial charge in [0.25, 0.3) is 0 Å². The Labute approximate surface area is 131 Å². The van der Waals surface area contributed by atoms with Gasteiger partial charge in [0.1, 0.15) is 17.5 Å². The molecular formula is C16H24N4S. The molecule has 0 saturated heterocycles. The van der Waals surface area contributed by atoms with E-state index < -0.39 is 0 Å². The Hall–Kier alpha value is -1.62. The van der Waals surface area contributed by atoms with Crippen LogP contribution < -0.4 is 10.6 Å². The summed E-state index contributed by atoms with van der Waals surface area (Å²) < 4.78 is 0. The number of hydrogen-bond acceptors (Lipinski definition) is 5. The summed E-state index contributed by atoms with van der Waals surface area (Å²) in [7, 11) is 0. The molecule has 1 unspecified atom stereocenters. The van der Waals surface area contributed by atoms with Crippen LogP contribution in [0.4, 0.5) is 11.6 Å². The molecule has 0 amide bonds. The molecule has 2 N–H and O–H groups in total. The lowest BCUT2D eigenvalue weighted by molar-refractivity contribution is 0.683. The lowest BCUT2D eigenvalue weighted by Gasteiger charge is -2.20. The quantitative estimate of drug-likeness (QED) is 0.788. The zero-order valence-corrected chi connectivity index (χ0v) is 14.0. The Morgan fingerprint density at radius 2 is 1.95 bits per heavy atom. The highest BCUT2D eigenvalue weighted by Gasteiger charge is 2.15. The summed E-state index contributed by atoms with van der Waals surface area (Å²) in [6, 6.07) is 4.61. The van der Waals surface area contributed by atoms with Gasteiger partial charge in [-0.05, 0) is 38.6 Å². The molecule has 2 rings (SSSR count). The Balaban J connectivity index is 2.28. The van der Waals surface area contributed by atoms with Crippen LogP contribution in [-0.4, -0.2) is 16.5 Å². The van der Waals surface area contributed by atoms with E-state index in [-0.39, 0.29) is 0 Å². The van der Waals surface area contributed by atoms with Crippen molar-refractivity contribution in [2.45, 2.75) is 46.6 Å². The van der Waals surface area contributed by atoms with Crippen molar-refractivity contribution < 1.29 is 0 Å². The van der Waals surface area contributed by atoms with Crippen molar-refractivity contribution in [2.24, 2.45) is 0 Å². The molecule has 21 heavy (non-hydrogen) atoms. The summed E-state index contributed by atoms with van der Waals surface area (Å²) in [5, 5.41) is 9.04. The fourth-order valence-electron chi connectivity index (χ4n) is 2.34. The highest BCUT2D eigenvalue weighted by atomic mass is 32.1. The van der Waals surface area contributed by atoms with Crippen LogP contribution in [-0.2, 0) is 0 Å². The van der Waals surface area contributed by atoms with Crippen molar-refractivity contribution in [1.29, 1.82) is 0 Å². The molecule has 2 aromatic rings. The number of hydrogen-bond donors (Lipinski definition) is 2. The van der Waals surface area contributed by atoms with Gasteiger partial charge in [0.15, 0.2) is 0 Å². The Morgan fingerprint density at radius 3 is 2.57 bits per heavy atom. The summed E-state index contributed by atoms with van der Waals surface area (Å²) >= 11 is 1.79. The van der Waals surface area contributed by atoms with E-state index in [0.717, 1.165) is 42.4 Å². The summed E-state index contributed by atoms with van der Waals surface area (Å²) in [5.41, 5.74) is 1.08. The summed E-state index contributed by atoms with van der Waals surface area (Å²) in [6.07, 6.45) is 2.23.